The number of methoxy groups -OCH3 is 1. The second kappa shape index (κ2) is 10.2. The average Bonchev–Trinajstić information content (AvgIpc) is 3.18. The molecule has 5 rings (SSSR count). The quantitative estimate of drug-likeness (QED) is 0.268. The van der Waals surface area contributed by atoms with E-state index in [2.05, 4.69) is 0 Å². The Labute approximate surface area is 217 Å². The van der Waals surface area contributed by atoms with Crippen LogP contribution in [0.4, 0.5) is 14.5 Å². The Morgan fingerprint density at radius 1 is 1.08 bits per heavy atom. The first-order valence-corrected chi connectivity index (χ1v) is 12.2. The lowest BCUT2D eigenvalue weighted by atomic mass is 9.93. The van der Waals surface area contributed by atoms with Crippen LogP contribution in [0.3, 0.4) is 0 Å². The fourth-order valence-electron chi connectivity index (χ4n) is 4.87. The third-order valence-electron chi connectivity index (χ3n) is 6.60. The van der Waals surface area contributed by atoms with E-state index in [4.69, 9.17) is 14.2 Å². The lowest BCUT2D eigenvalue weighted by Crippen LogP contribution is -2.30. The van der Waals surface area contributed by atoms with Gasteiger partial charge in [-0.2, -0.15) is 0 Å². The number of ether oxygens (including phenoxy) is 3. The van der Waals surface area contributed by atoms with Gasteiger partial charge in [0.25, 0.3) is 11.7 Å². The monoisotopic (exact) mass is 521 g/mol. The first-order chi connectivity index (χ1) is 18.3. The molecule has 2 aliphatic rings. The van der Waals surface area contributed by atoms with Crippen molar-refractivity contribution in [1.82, 2.24) is 0 Å². The van der Waals surface area contributed by atoms with Crippen LogP contribution in [0.2, 0.25) is 0 Å². The molecule has 0 radical (unpaired) electrons. The molecule has 1 fully saturated rings. The third-order valence-corrected chi connectivity index (χ3v) is 6.60. The number of rotatable bonds is 6. The van der Waals surface area contributed by atoms with E-state index in [1.54, 1.807) is 43.3 Å². The summed E-state index contributed by atoms with van der Waals surface area (Å²) in [5.41, 5.74) is 1.00. The van der Waals surface area contributed by atoms with E-state index < -0.39 is 35.1 Å². The number of aryl methyl sites for hydroxylation is 1. The summed E-state index contributed by atoms with van der Waals surface area (Å²) in [4.78, 5) is 27.7. The van der Waals surface area contributed by atoms with Crippen LogP contribution in [0.5, 0.6) is 17.2 Å². The van der Waals surface area contributed by atoms with E-state index in [0.717, 1.165) is 35.4 Å². The number of hydrogen-bond acceptors (Lipinski definition) is 6. The van der Waals surface area contributed by atoms with Gasteiger partial charge in [-0.05, 0) is 73.4 Å². The molecule has 1 unspecified atom stereocenters. The number of carbonyl (C=O) groups excluding carboxylic acids is 2. The number of ketones is 1. The molecule has 2 heterocycles. The molecule has 38 heavy (non-hydrogen) atoms. The Morgan fingerprint density at radius 2 is 1.89 bits per heavy atom. The summed E-state index contributed by atoms with van der Waals surface area (Å²) in [5, 5.41) is 11.4. The second-order valence-corrected chi connectivity index (χ2v) is 8.88. The molecular weight excluding hydrogens is 496 g/mol. The molecule has 7 nitrogen and oxygen atoms in total. The summed E-state index contributed by atoms with van der Waals surface area (Å²) in [6.45, 7) is 2.68. The summed E-state index contributed by atoms with van der Waals surface area (Å²) >= 11 is 0. The summed E-state index contributed by atoms with van der Waals surface area (Å²) in [6.07, 6.45) is 1.53. The second-order valence-electron chi connectivity index (χ2n) is 8.88. The molecule has 1 saturated heterocycles. The summed E-state index contributed by atoms with van der Waals surface area (Å²) in [5.74, 6) is -2.90. The van der Waals surface area contributed by atoms with Crippen LogP contribution in [0.15, 0.2) is 60.2 Å². The minimum absolute atomic E-state index is 0.233. The maximum absolute atomic E-state index is 15.0. The number of fused-ring (bicyclic) bond motifs is 1. The van der Waals surface area contributed by atoms with Gasteiger partial charge < -0.3 is 19.3 Å². The van der Waals surface area contributed by atoms with E-state index >= 15 is 0 Å². The lowest BCUT2D eigenvalue weighted by molar-refractivity contribution is -0.132. The number of amides is 1. The van der Waals surface area contributed by atoms with E-state index in [1.807, 2.05) is 0 Å². The molecule has 9 heteroatoms. The number of halogens is 2. The van der Waals surface area contributed by atoms with Gasteiger partial charge >= 0.3 is 0 Å². The predicted octanol–water partition coefficient (Wildman–Crippen LogP) is 5.32. The van der Waals surface area contributed by atoms with Crippen LogP contribution in [0.1, 0.15) is 36.1 Å². The number of nitrogens with zero attached hydrogens (tertiary/aromatic N) is 1. The Kier molecular flexibility index (Phi) is 6.75. The zero-order chi connectivity index (χ0) is 27.0. The Hall–Kier alpha value is -4.40. The van der Waals surface area contributed by atoms with Gasteiger partial charge in [0.05, 0.1) is 37.6 Å². The third kappa shape index (κ3) is 4.34. The van der Waals surface area contributed by atoms with Crippen LogP contribution in [0, 0.1) is 11.6 Å². The number of benzene rings is 3. The molecule has 1 atom stereocenters. The molecule has 0 aromatic heterocycles. The highest BCUT2D eigenvalue weighted by Crippen LogP contribution is 2.45. The molecule has 3 aromatic carbocycles. The molecular formula is C29H25F2NO6. The van der Waals surface area contributed by atoms with Gasteiger partial charge in [-0.25, -0.2) is 8.78 Å². The van der Waals surface area contributed by atoms with E-state index in [0.29, 0.717) is 47.7 Å². The first kappa shape index (κ1) is 25.3. The Balaban J connectivity index is 1.73. The van der Waals surface area contributed by atoms with Crippen LogP contribution in [-0.2, 0) is 16.0 Å². The highest BCUT2D eigenvalue weighted by Gasteiger charge is 2.48. The smallest absolute Gasteiger partial charge is 0.300 e. The van der Waals surface area contributed by atoms with Gasteiger partial charge in [0.15, 0.2) is 11.5 Å². The zero-order valence-corrected chi connectivity index (χ0v) is 20.8. The van der Waals surface area contributed by atoms with Crippen molar-refractivity contribution in [1.29, 1.82) is 0 Å². The van der Waals surface area contributed by atoms with E-state index in [9.17, 15) is 23.5 Å². The van der Waals surface area contributed by atoms with Gasteiger partial charge in [-0.1, -0.05) is 6.07 Å². The van der Waals surface area contributed by atoms with Crippen LogP contribution in [-0.4, -0.2) is 37.1 Å². The number of aliphatic hydroxyl groups excluding tert-OH is 1. The average molecular weight is 522 g/mol. The van der Waals surface area contributed by atoms with Crippen LogP contribution >= 0.6 is 0 Å². The SMILES string of the molecule is CCOc1cc(C2/C(=C(\O)c3ccc4c(c3)CCCO4)C(=O)C(=O)N2c2ccc(F)cc2F)ccc1OC. The van der Waals surface area contributed by atoms with Crippen molar-refractivity contribution in [3.8, 4) is 17.2 Å². The van der Waals surface area contributed by atoms with Crippen molar-refractivity contribution in [2.75, 3.05) is 25.2 Å². The van der Waals surface area contributed by atoms with E-state index in [1.165, 1.54) is 7.11 Å². The summed E-state index contributed by atoms with van der Waals surface area (Å²) < 4.78 is 45.4. The van der Waals surface area contributed by atoms with E-state index in [-0.39, 0.29) is 11.3 Å². The minimum atomic E-state index is -1.23. The number of carbonyl (C=O) groups is 2. The van der Waals surface area contributed by atoms with Crippen molar-refractivity contribution < 1.29 is 37.7 Å². The van der Waals surface area contributed by atoms with Gasteiger partial charge in [-0.15, -0.1) is 0 Å². The maximum Gasteiger partial charge on any atom is 0.300 e. The van der Waals surface area contributed by atoms with Gasteiger partial charge in [0, 0.05) is 11.6 Å². The molecule has 1 amide bonds. The standard InChI is InChI=1S/C29H25F2NO6/c1-3-37-24-14-17(6-11-23(24)36-2)26-25(27(33)18-7-10-22-16(13-18)5-4-12-38-22)28(34)29(35)32(26)21-9-8-19(30)15-20(21)31/h6-11,13-15,26,33H,3-5,12H2,1-2H3/b27-25+. The lowest BCUT2D eigenvalue weighted by Gasteiger charge is -2.26. The molecule has 0 aliphatic carbocycles. The molecule has 0 spiro atoms. The molecule has 2 aliphatic heterocycles. The Morgan fingerprint density at radius 3 is 2.63 bits per heavy atom. The van der Waals surface area contributed by atoms with Crippen molar-refractivity contribution in [3.63, 3.8) is 0 Å². The largest absolute Gasteiger partial charge is 0.507 e. The Bertz CT molecular complexity index is 1470. The van der Waals surface area contributed by atoms with Crippen LogP contribution < -0.4 is 19.1 Å². The topological polar surface area (TPSA) is 85.3 Å². The minimum Gasteiger partial charge on any atom is -0.507 e. The molecule has 0 bridgehead atoms. The van der Waals surface area contributed by atoms with Crippen molar-refractivity contribution in [2.24, 2.45) is 0 Å². The molecule has 1 N–H and O–H groups in total. The van der Waals surface area contributed by atoms with Gasteiger partial charge in [0.2, 0.25) is 0 Å². The van der Waals surface area contributed by atoms with Crippen molar-refractivity contribution in [3.05, 3.63) is 88.5 Å². The maximum atomic E-state index is 15.0. The zero-order valence-electron chi connectivity index (χ0n) is 20.8. The molecule has 0 saturated carbocycles. The number of hydrogen-bond donors (Lipinski definition) is 1. The number of Topliss-reactive ketones (excluding diaryl/α,β-unsaturated/α-hetero) is 1. The molecule has 3 aromatic rings. The fourth-order valence-corrected chi connectivity index (χ4v) is 4.87. The van der Waals surface area contributed by atoms with Gasteiger partial charge in [-0.3, -0.25) is 14.5 Å². The van der Waals surface area contributed by atoms with Crippen molar-refractivity contribution >= 4 is 23.1 Å². The van der Waals surface area contributed by atoms with Crippen molar-refractivity contribution in [2.45, 2.75) is 25.8 Å². The normalized spacial score (nSPS) is 18.2. The van der Waals surface area contributed by atoms with Crippen LogP contribution in [0.25, 0.3) is 5.76 Å². The highest BCUT2D eigenvalue weighted by atomic mass is 19.1. The predicted molar refractivity (Wildman–Crippen MR) is 136 cm³/mol. The number of aliphatic hydroxyl groups is 1. The number of anilines is 1. The summed E-state index contributed by atoms with van der Waals surface area (Å²) in [7, 11) is 1.47. The first-order valence-electron chi connectivity index (χ1n) is 12.2. The molecule has 196 valence electrons. The van der Waals surface area contributed by atoms with Gasteiger partial charge in [0.1, 0.15) is 23.1 Å². The summed E-state index contributed by atoms with van der Waals surface area (Å²) in [6, 6.07) is 11.3. The highest BCUT2D eigenvalue weighted by molar-refractivity contribution is 6.51. The fraction of sp³-hybridized carbons (Fsp3) is 0.241.